The smallest absolute Gasteiger partial charge is 0.416 e. The van der Waals surface area contributed by atoms with Gasteiger partial charge in [0.15, 0.2) is 11.2 Å². The number of rotatable bonds is 12. The van der Waals surface area contributed by atoms with E-state index >= 15 is 0 Å². The number of nitrogens with zero attached hydrogens (tertiary/aromatic N) is 3. The van der Waals surface area contributed by atoms with E-state index in [1.165, 1.54) is 31.4 Å². The predicted octanol–water partition coefficient (Wildman–Crippen LogP) is 6.90. The van der Waals surface area contributed by atoms with Crippen molar-refractivity contribution in [2.75, 3.05) is 12.4 Å². The molecule has 4 rings (SSSR count). The molecule has 0 bridgehead atoms. The van der Waals surface area contributed by atoms with E-state index in [9.17, 15) is 37.1 Å². The molecule has 13 nitrogen and oxygen atoms in total. The number of ketones is 1. The molecule has 0 spiro atoms. The fourth-order valence-corrected chi connectivity index (χ4v) is 5.16. The van der Waals surface area contributed by atoms with E-state index < -0.39 is 77.1 Å². The van der Waals surface area contributed by atoms with Crippen LogP contribution in [0.1, 0.15) is 75.9 Å². The molecule has 0 saturated heterocycles. The number of hydrogen-bond acceptors (Lipinski definition) is 11. The highest BCUT2D eigenvalue weighted by Crippen LogP contribution is 2.36. The molecule has 54 heavy (non-hydrogen) atoms. The van der Waals surface area contributed by atoms with Gasteiger partial charge < -0.3 is 18.9 Å². The highest BCUT2D eigenvalue weighted by molar-refractivity contribution is 6.07. The summed E-state index contributed by atoms with van der Waals surface area (Å²) in [4.78, 5) is 66.9. The normalized spacial score (nSPS) is 12.2. The van der Waals surface area contributed by atoms with Crippen LogP contribution in [0.15, 0.2) is 71.5 Å². The molecular formula is C38H41F3N4O9. The summed E-state index contributed by atoms with van der Waals surface area (Å²) in [6, 6.07) is 15.2. The van der Waals surface area contributed by atoms with Crippen molar-refractivity contribution < 1.29 is 51.3 Å². The van der Waals surface area contributed by atoms with E-state index in [4.69, 9.17) is 14.2 Å². The maximum absolute atomic E-state index is 14.0. The lowest BCUT2D eigenvalue weighted by molar-refractivity contribution is -0.186. The van der Waals surface area contributed by atoms with Crippen LogP contribution >= 0.6 is 0 Å². The number of esters is 2. The minimum atomic E-state index is -4.74. The number of methoxy groups -OCH3 is 1. The first-order chi connectivity index (χ1) is 25.1. The second-order valence-electron chi connectivity index (χ2n) is 14.4. The molecule has 4 aromatic rings. The average molecular weight is 755 g/mol. The van der Waals surface area contributed by atoms with Crippen molar-refractivity contribution in [1.29, 1.82) is 0 Å². The van der Waals surface area contributed by atoms with Crippen molar-refractivity contribution in [2.24, 2.45) is 5.41 Å². The number of hydrogen-bond donors (Lipinski definition) is 1. The van der Waals surface area contributed by atoms with Gasteiger partial charge in [0.2, 0.25) is 0 Å². The Hall–Kier alpha value is -5.80. The van der Waals surface area contributed by atoms with Crippen LogP contribution in [0.5, 0.6) is 5.75 Å². The first-order valence-corrected chi connectivity index (χ1v) is 16.7. The van der Waals surface area contributed by atoms with Crippen LogP contribution < -0.4 is 15.6 Å². The molecule has 288 valence electrons. The molecule has 0 aliphatic heterocycles. The quantitative estimate of drug-likeness (QED) is 0.0692. The van der Waals surface area contributed by atoms with Crippen LogP contribution in [0.25, 0.3) is 10.9 Å². The lowest BCUT2D eigenvalue weighted by Crippen LogP contribution is -2.49. The molecule has 0 saturated carbocycles. The summed E-state index contributed by atoms with van der Waals surface area (Å²) in [7, 11) is 1.25. The fraction of sp³-hybridized carbons (Fsp3) is 0.395. The molecular weight excluding hydrogens is 713 g/mol. The minimum Gasteiger partial charge on any atom is -0.489 e. The lowest BCUT2D eigenvalue weighted by atomic mass is 9.78. The Bertz CT molecular complexity index is 2060. The summed E-state index contributed by atoms with van der Waals surface area (Å²) in [6.07, 6.45) is -6.69. The Morgan fingerprint density at radius 3 is 2.04 bits per heavy atom. The van der Waals surface area contributed by atoms with Gasteiger partial charge >= 0.3 is 24.2 Å². The second kappa shape index (κ2) is 16.1. The Kier molecular flexibility index (Phi) is 12.2. The third-order valence-corrected chi connectivity index (χ3v) is 7.78. The maximum Gasteiger partial charge on any atom is 0.416 e. The number of amides is 1. The zero-order chi connectivity index (χ0) is 40.1. The first kappa shape index (κ1) is 41.0. The van der Waals surface area contributed by atoms with Crippen LogP contribution in [0.2, 0.25) is 0 Å². The SMILES string of the molecule is COC(=O)Nc1cccc(COc2ccc(C(=O)CC(CCn3nnc4ccc(C(F)(F)F)cc4c3=O)(C(=O)OC(C)(C)C)C(=O)OC(C)(C)C)cc2)c1. The average Bonchev–Trinajstić information content (AvgIpc) is 3.08. The largest absolute Gasteiger partial charge is 0.489 e. The number of anilines is 1. The molecule has 16 heteroatoms. The number of aromatic nitrogens is 3. The number of nitrogens with one attached hydrogen (secondary N) is 1. The number of halogens is 3. The van der Waals surface area contributed by atoms with Gasteiger partial charge in [0.25, 0.3) is 5.56 Å². The number of carbonyl (C=O) groups is 4. The number of fused-ring (bicyclic) bond motifs is 1. The molecule has 1 amide bonds. The predicted molar refractivity (Wildman–Crippen MR) is 190 cm³/mol. The van der Waals surface area contributed by atoms with E-state index in [0.717, 1.165) is 22.4 Å². The van der Waals surface area contributed by atoms with Gasteiger partial charge in [-0.15, -0.1) is 5.10 Å². The topological polar surface area (TPSA) is 165 Å². The van der Waals surface area contributed by atoms with Crippen LogP contribution in [0.3, 0.4) is 0 Å². The third kappa shape index (κ3) is 10.6. The second-order valence-corrected chi connectivity index (χ2v) is 14.4. The van der Waals surface area contributed by atoms with Crippen molar-refractivity contribution in [2.45, 2.75) is 84.9 Å². The van der Waals surface area contributed by atoms with Gasteiger partial charge in [-0.3, -0.25) is 24.5 Å². The molecule has 0 atom stereocenters. The van der Waals surface area contributed by atoms with Gasteiger partial charge in [-0.05, 0) is 108 Å². The number of alkyl halides is 3. The molecule has 1 heterocycles. The Morgan fingerprint density at radius 1 is 0.833 bits per heavy atom. The van der Waals surface area contributed by atoms with E-state index in [2.05, 4.69) is 20.4 Å². The maximum atomic E-state index is 14.0. The Morgan fingerprint density at radius 2 is 1.46 bits per heavy atom. The number of Topliss-reactive ketones (excluding diaryl/α,β-unsaturated/α-hetero) is 1. The van der Waals surface area contributed by atoms with E-state index in [1.54, 1.807) is 65.8 Å². The van der Waals surface area contributed by atoms with E-state index in [0.29, 0.717) is 17.5 Å². The lowest BCUT2D eigenvalue weighted by Gasteiger charge is -2.34. The van der Waals surface area contributed by atoms with Crippen molar-refractivity contribution in [3.8, 4) is 5.75 Å². The zero-order valence-electron chi connectivity index (χ0n) is 30.8. The van der Waals surface area contributed by atoms with Gasteiger partial charge in [-0.2, -0.15) is 13.2 Å². The number of benzene rings is 3. The molecule has 0 unspecified atom stereocenters. The van der Waals surface area contributed by atoms with Crippen molar-refractivity contribution >= 4 is 40.4 Å². The first-order valence-electron chi connectivity index (χ1n) is 16.7. The van der Waals surface area contributed by atoms with Gasteiger partial charge in [0.05, 0.1) is 18.1 Å². The molecule has 0 aliphatic carbocycles. The van der Waals surface area contributed by atoms with Crippen molar-refractivity contribution in [3.63, 3.8) is 0 Å². The Labute approximate surface area is 308 Å². The van der Waals surface area contributed by atoms with Crippen LogP contribution in [-0.2, 0) is 43.1 Å². The number of ether oxygens (including phenoxy) is 4. The van der Waals surface area contributed by atoms with Crippen molar-refractivity contribution in [1.82, 2.24) is 15.0 Å². The van der Waals surface area contributed by atoms with E-state index in [1.807, 2.05) is 0 Å². The summed E-state index contributed by atoms with van der Waals surface area (Å²) in [6.45, 7) is 8.97. The van der Waals surface area contributed by atoms with Gasteiger partial charge in [-0.25, -0.2) is 9.48 Å². The van der Waals surface area contributed by atoms with Crippen LogP contribution in [-0.4, -0.2) is 57.1 Å². The molecule has 1 N–H and O–H groups in total. The summed E-state index contributed by atoms with van der Waals surface area (Å²) >= 11 is 0. The fourth-order valence-electron chi connectivity index (χ4n) is 5.16. The molecule has 0 radical (unpaired) electrons. The summed E-state index contributed by atoms with van der Waals surface area (Å²) in [5.41, 5.74) is -5.40. The summed E-state index contributed by atoms with van der Waals surface area (Å²) < 4.78 is 62.8. The standard InChI is InChI=1S/C38H41F3N4O9/c1-35(2,3)53-32(48)37(33(49)54-36(4,5)6,17-18-45-31(47)28-20-25(38(39,40)41)13-16-29(28)43-44-45)21-30(46)24-11-14-27(15-12-24)52-22-23-9-8-10-26(19-23)42-34(50)51-7/h8-16,19-20H,17-18,21-22H2,1-7H3,(H,42,50). The molecule has 1 aromatic heterocycles. The third-order valence-electron chi connectivity index (χ3n) is 7.78. The Balaban J connectivity index is 1.65. The van der Waals surface area contributed by atoms with Crippen LogP contribution in [0.4, 0.5) is 23.7 Å². The highest BCUT2D eigenvalue weighted by atomic mass is 19.4. The zero-order valence-corrected chi connectivity index (χ0v) is 30.8. The van der Waals surface area contributed by atoms with Gasteiger partial charge in [0.1, 0.15) is 29.1 Å². The van der Waals surface area contributed by atoms with Gasteiger partial charge in [-0.1, -0.05) is 17.3 Å². The van der Waals surface area contributed by atoms with E-state index in [-0.39, 0.29) is 23.1 Å². The summed E-state index contributed by atoms with van der Waals surface area (Å²) in [5.74, 6) is -2.50. The molecule has 3 aromatic carbocycles. The minimum absolute atomic E-state index is 0.0958. The van der Waals surface area contributed by atoms with Gasteiger partial charge in [0, 0.05) is 24.2 Å². The monoisotopic (exact) mass is 754 g/mol. The van der Waals surface area contributed by atoms with Crippen LogP contribution in [0, 0.1) is 5.41 Å². The molecule has 0 aliphatic rings. The highest BCUT2D eigenvalue weighted by Gasteiger charge is 2.52. The molecule has 0 fully saturated rings. The summed E-state index contributed by atoms with van der Waals surface area (Å²) in [5, 5.41) is 9.86. The number of carbonyl (C=O) groups excluding carboxylic acids is 4. The number of aryl methyl sites for hydroxylation is 1. The van der Waals surface area contributed by atoms with Crippen molar-refractivity contribution in [3.05, 3.63) is 93.8 Å².